The van der Waals surface area contributed by atoms with E-state index < -0.39 is 35.1 Å². The quantitative estimate of drug-likeness (QED) is 0.0814. The summed E-state index contributed by atoms with van der Waals surface area (Å²) in [5.74, 6) is -3.77. The van der Waals surface area contributed by atoms with E-state index in [0.717, 1.165) is 19.3 Å². The number of hydrogen-bond donors (Lipinski definition) is 1. The van der Waals surface area contributed by atoms with Crippen LogP contribution in [0.25, 0.3) is 22.3 Å². The molecule has 0 spiro atoms. The number of unbranched alkanes of at least 4 members (excludes halogenated alkanes) is 1. The molecule has 0 radical (unpaired) electrons. The van der Waals surface area contributed by atoms with Crippen LogP contribution >= 0.6 is 0 Å². The van der Waals surface area contributed by atoms with Crippen LogP contribution in [0.2, 0.25) is 0 Å². The standard InChI is InChI=1S/C34H31F3O4/c1-3-5-6-20-40-31-19-14-25(21-29(31)35)22-12-15-26(16-13-22)41-34(39)28-18-17-27(32(36)33(28)37)23-8-10-24(11-9-23)30(38)7-4-2/h3,8-19,21,30,38H,1,4-7,20H2,2H3. The molecule has 1 N–H and O–H groups in total. The highest BCUT2D eigenvalue weighted by Gasteiger charge is 2.21. The Morgan fingerprint density at radius 2 is 1.59 bits per heavy atom. The number of allylic oxidation sites excluding steroid dienone is 1. The zero-order chi connectivity index (χ0) is 29.4. The number of benzene rings is 4. The van der Waals surface area contributed by atoms with Crippen molar-refractivity contribution in [1.29, 1.82) is 0 Å². The van der Waals surface area contributed by atoms with Crippen molar-refractivity contribution in [2.45, 2.75) is 38.7 Å². The topological polar surface area (TPSA) is 55.8 Å². The number of rotatable bonds is 12. The molecule has 212 valence electrons. The molecule has 0 amide bonds. The average Bonchev–Trinajstić information content (AvgIpc) is 2.98. The van der Waals surface area contributed by atoms with Gasteiger partial charge in [-0.15, -0.1) is 6.58 Å². The number of esters is 1. The maximum atomic E-state index is 15.0. The molecule has 7 heteroatoms. The number of aliphatic hydroxyl groups excluding tert-OH is 1. The molecular formula is C34H31F3O4. The van der Waals surface area contributed by atoms with E-state index in [2.05, 4.69) is 6.58 Å². The smallest absolute Gasteiger partial charge is 0.346 e. The first-order chi connectivity index (χ1) is 19.8. The Balaban J connectivity index is 1.43. The molecule has 4 nitrogen and oxygen atoms in total. The number of aliphatic hydroxyl groups is 1. The highest BCUT2D eigenvalue weighted by molar-refractivity contribution is 5.92. The average molecular weight is 561 g/mol. The molecule has 0 aliphatic rings. The monoisotopic (exact) mass is 560 g/mol. The molecule has 41 heavy (non-hydrogen) atoms. The predicted molar refractivity (Wildman–Crippen MR) is 153 cm³/mol. The van der Waals surface area contributed by atoms with Gasteiger partial charge in [0.1, 0.15) is 5.75 Å². The van der Waals surface area contributed by atoms with Crippen molar-refractivity contribution in [3.05, 3.63) is 120 Å². The van der Waals surface area contributed by atoms with Gasteiger partial charge in [0.15, 0.2) is 23.2 Å². The van der Waals surface area contributed by atoms with Gasteiger partial charge in [-0.25, -0.2) is 18.0 Å². The van der Waals surface area contributed by atoms with Gasteiger partial charge in [-0.1, -0.05) is 68.0 Å². The minimum atomic E-state index is -1.32. The zero-order valence-electron chi connectivity index (χ0n) is 22.7. The molecule has 0 aromatic heterocycles. The van der Waals surface area contributed by atoms with Crippen LogP contribution in [-0.4, -0.2) is 17.7 Å². The lowest BCUT2D eigenvalue weighted by Gasteiger charge is -2.12. The van der Waals surface area contributed by atoms with Crippen LogP contribution in [0, 0.1) is 17.5 Å². The fourth-order valence-corrected chi connectivity index (χ4v) is 4.34. The lowest BCUT2D eigenvalue weighted by molar-refractivity contribution is 0.0728. The summed E-state index contributed by atoms with van der Waals surface area (Å²) >= 11 is 0. The molecule has 0 aliphatic carbocycles. The molecule has 1 unspecified atom stereocenters. The van der Waals surface area contributed by atoms with Crippen LogP contribution in [0.5, 0.6) is 11.5 Å². The van der Waals surface area contributed by atoms with E-state index in [9.17, 15) is 23.1 Å². The van der Waals surface area contributed by atoms with Gasteiger partial charge in [-0.2, -0.15) is 0 Å². The predicted octanol–water partition coefficient (Wildman–Crippen LogP) is 8.84. The van der Waals surface area contributed by atoms with Crippen LogP contribution in [0.1, 0.15) is 54.6 Å². The molecule has 1 atom stereocenters. The van der Waals surface area contributed by atoms with Gasteiger partial charge in [0.05, 0.1) is 18.3 Å². The third-order valence-corrected chi connectivity index (χ3v) is 6.61. The third-order valence-electron chi connectivity index (χ3n) is 6.61. The van der Waals surface area contributed by atoms with Crippen molar-refractivity contribution >= 4 is 5.97 Å². The molecule has 4 aromatic carbocycles. The van der Waals surface area contributed by atoms with Crippen molar-refractivity contribution < 1.29 is 32.5 Å². The van der Waals surface area contributed by atoms with Crippen molar-refractivity contribution in [3.63, 3.8) is 0 Å². The Morgan fingerprint density at radius 1 is 0.902 bits per heavy atom. The van der Waals surface area contributed by atoms with Crippen LogP contribution in [-0.2, 0) is 0 Å². The van der Waals surface area contributed by atoms with Crippen LogP contribution in [0.4, 0.5) is 13.2 Å². The minimum Gasteiger partial charge on any atom is -0.491 e. The summed E-state index contributed by atoms with van der Waals surface area (Å²) in [4.78, 5) is 12.7. The molecule has 4 rings (SSSR count). The largest absolute Gasteiger partial charge is 0.491 e. The molecule has 0 bridgehead atoms. The highest BCUT2D eigenvalue weighted by Crippen LogP contribution is 2.30. The van der Waals surface area contributed by atoms with Gasteiger partial charge < -0.3 is 14.6 Å². The van der Waals surface area contributed by atoms with Gasteiger partial charge in [-0.05, 0) is 71.8 Å². The fourth-order valence-electron chi connectivity index (χ4n) is 4.34. The van der Waals surface area contributed by atoms with Gasteiger partial charge in [0.25, 0.3) is 0 Å². The highest BCUT2D eigenvalue weighted by atomic mass is 19.2. The number of carbonyl (C=O) groups is 1. The van der Waals surface area contributed by atoms with Gasteiger partial charge in [0, 0.05) is 5.56 Å². The fraction of sp³-hybridized carbons (Fsp3) is 0.206. The molecule has 4 aromatic rings. The van der Waals surface area contributed by atoms with Crippen LogP contribution in [0.15, 0.2) is 91.5 Å². The van der Waals surface area contributed by atoms with Gasteiger partial charge in [-0.3, -0.25) is 0 Å². The maximum absolute atomic E-state index is 15.0. The number of carbonyl (C=O) groups excluding carboxylic acids is 1. The van der Waals surface area contributed by atoms with Crippen LogP contribution < -0.4 is 9.47 Å². The van der Waals surface area contributed by atoms with Crippen LogP contribution in [0.3, 0.4) is 0 Å². The summed E-state index contributed by atoms with van der Waals surface area (Å²) in [7, 11) is 0. The molecule has 0 aliphatic heterocycles. The first kappa shape index (κ1) is 29.6. The number of ether oxygens (including phenoxy) is 2. The maximum Gasteiger partial charge on any atom is 0.346 e. The summed E-state index contributed by atoms with van der Waals surface area (Å²) in [6, 6.07) is 19.9. The van der Waals surface area contributed by atoms with E-state index in [1.54, 1.807) is 54.6 Å². The van der Waals surface area contributed by atoms with Crippen molar-refractivity contribution in [2.75, 3.05) is 6.61 Å². The Morgan fingerprint density at radius 3 is 2.24 bits per heavy atom. The summed E-state index contributed by atoms with van der Waals surface area (Å²) in [6.07, 6.45) is 4.08. The van der Waals surface area contributed by atoms with E-state index in [0.29, 0.717) is 35.3 Å². The normalized spacial score (nSPS) is 11.6. The van der Waals surface area contributed by atoms with Gasteiger partial charge >= 0.3 is 5.97 Å². The van der Waals surface area contributed by atoms with E-state index in [1.807, 2.05) is 6.92 Å². The van der Waals surface area contributed by atoms with E-state index in [1.165, 1.54) is 30.3 Å². The van der Waals surface area contributed by atoms with E-state index >= 15 is 0 Å². The van der Waals surface area contributed by atoms with Gasteiger partial charge in [0.2, 0.25) is 0 Å². The Labute approximate surface area is 237 Å². The number of hydrogen-bond acceptors (Lipinski definition) is 4. The summed E-state index contributed by atoms with van der Waals surface area (Å²) in [6.45, 7) is 5.98. The molecule has 0 saturated carbocycles. The van der Waals surface area contributed by atoms with E-state index in [-0.39, 0.29) is 17.1 Å². The Bertz CT molecular complexity index is 1500. The second-order valence-electron chi connectivity index (χ2n) is 9.55. The molecular weight excluding hydrogens is 529 g/mol. The Kier molecular flexibility index (Phi) is 9.98. The Hall–Kier alpha value is -4.36. The first-order valence-electron chi connectivity index (χ1n) is 13.4. The second-order valence-corrected chi connectivity index (χ2v) is 9.55. The van der Waals surface area contributed by atoms with Crippen molar-refractivity contribution in [2.24, 2.45) is 0 Å². The van der Waals surface area contributed by atoms with Crippen molar-refractivity contribution in [1.82, 2.24) is 0 Å². The molecule has 0 saturated heterocycles. The first-order valence-corrected chi connectivity index (χ1v) is 13.4. The minimum absolute atomic E-state index is 0.0136. The third kappa shape index (κ3) is 7.24. The lowest BCUT2D eigenvalue weighted by atomic mass is 9.98. The summed E-state index contributed by atoms with van der Waals surface area (Å²) in [5, 5.41) is 10.1. The second kappa shape index (κ2) is 13.8. The lowest BCUT2D eigenvalue weighted by Crippen LogP contribution is -2.12. The van der Waals surface area contributed by atoms with E-state index in [4.69, 9.17) is 9.47 Å². The SMILES string of the molecule is C=CCCCOc1ccc(-c2ccc(OC(=O)c3ccc(-c4ccc(C(O)CCC)cc4)c(F)c3F)cc2)cc1F. The summed E-state index contributed by atoms with van der Waals surface area (Å²) < 4.78 is 55.1. The zero-order valence-corrected chi connectivity index (χ0v) is 22.7. The van der Waals surface area contributed by atoms with Crippen molar-refractivity contribution in [3.8, 4) is 33.8 Å². The molecule has 0 heterocycles. The molecule has 0 fully saturated rings. The summed E-state index contributed by atoms with van der Waals surface area (Å²) in [5.41, 5.74) is 1.80. The number of halogens is 3.